The summed E-state index contributed by atoms with van der Waals surface area (Å²) in [4.78, 5) is 7.57. The molecule has 0 saturated carbocycles. The van der Waals surface area contributed by atoms with Gasteiger partial charge in [-0.3, -0.25) is 0 Å². The first kappa shape index (κ1) is 8.27. The van der Waals surface area contributed by atoms with E-state index >= 15 is 0 Å². The molecule has 0 aliphatic carbocycles. The lowest BCUT2D eigenvalue weighted by Crippen LogP contribution is -2.05. The molecule has 1 aromatic heterocycles. The lowest BCUT2D eigenvalue weighted by molar-refractivity contribution is 1.10. The van der Waals surface area contributed by atoms with E-state index in [4.69, 9.17) is 11.0 Å². The Kier molecular flexibility index (Phi) is 2.43. The number of hydrogen-bond acceptors (Lipinski definition) is 5. The number of nitriles is 1. The van der Waals surface area contributed by atoms with Crippen LogP contribution in [0.3, 0.4) is 0 Å². The molecule has 5 heteroatoms. The van der Waals surface area contributed by atoms with Crippen molar-refractivity contribution in [2.75, 3.05) is 17.6 Å². The number of anilines is 2. The fraction of sp³-hybridized carbons (Fsp3) is 0.286. The van der Waals surface area contributed by atoms with Crippen LogP contribution in [0.5, 0.6) is 0 Å². The molecule has 62 valence electrons. The van der Waals surface area contributed by atoms with Crippen molar-refractivity contribution >= 4 is 11.6 Å². The zero-order valence-electron chi connectivity index (χ0n) is 6.70. The number of nitrogens with two attached hydrogens (primary N) is 1. The normalized spacial score (nSPS) is 9.00. The SMILES string of the molecule is CCNc1ncnc(N)c1C#N. The van der Waals surface area contributed by atoms with Crippen molar-refractivity contribution in [3.63, 3.8) is 0 Å². The van der Waals surface area contributed by atoms with Crippen LogP contribution in [0.15, 0.2) is 6.33 Å². The average Bonchev–Trinajstić information content (AvgIpc) is 2.05. The van der Waals surface area contributed by atoms with E-state index in [2.05, 4.69) is 15.3 Å². The van der Waals surface area contributed by atoms with Crippen molar-refractivity contribution in [1.82, 2.24) is 9.97 Å². The van der Waals surface area contributed by atoms with Gasteiger partial charge in [-0.2, -0.15) is 5.26 Å². The maximum atomic E-state index is 8.68. The van der Waals surface area contributed by atoms with Crippen LogP contribution in [0.4, 0.5) is 11.6 Å². The number of hydrogen-bond donors (Lipinski definition) is 2. The Morgan fingerprint density at radius 3 is 3.00 bits per heavy atom. The largest absolute Gasteiger partial charge is 0.382 e. The summed E-state index contributed by atoms with van der Waals surface area (Å²) in [5.74, 6) is 0.705. The summed E-state index contributed by atoms with van der Waals surface area (Å²) in [5, 5.41) is 11.6. The summed E-state index contributed by atoms with van der Waals surface area (Å²) in [6.07, 6.45) is 1.33. The first-order valence-corrected chi connectivity index (χ1v) is 3.54. The molecule has 3 N–H and O–H groups in total. The molecule has 1 rings (SSSR count). The van der Waals surface area contributed by atoms with E-state index in [0.29, 0.717) is 17.9 Å². The molecule has 5 nitrogen and oxygen atoms in total. The Labute approximate surface area is 70.2 Å². The van der Waals surface area contributed by atoms with E-state index in [0.717, 1.165) is 0 Å². The van der Waals surface area contributed by atoms with Gasteiger partial charge in [0.1, 0.15) is 29.6 Å². The Hall–Kier alpha value is -1.83. The summed E-state index contributed by atoms with van der Waals surface area (Å²) in [5.41, 5.74) is 5.75. The van der Waals surface area contributed by atoms with Gasteiger partial charge in [0, 0.05) is 6.54 Å². The molecular weight excluding hydrogens is 154 g/mol. The molecule has 0 unspecified atom stereocenters. The summed E-state index contributed by atoms with van der Waals surface area (Å²) < 4.78 is 0. The van der Waals surface area contributed by atoms with Gasteiger partial charge in [0.25, 0.3) is 0 Å². The fourth-order valence-electron chi connectivity index (χ4n) is 0.811. The zero-order valence-corrected chi connectivity index (χ0v) is 6.70. The van der Waals surface area contributed by atoms with Crippen molar-refractivity contribution in [3.8, 4) is 6.07 Å². The molecule has 0 aliphatic heterocycles. The predicted octanol–water partition coefficient (Wildman–Crippen LogP) is 0.362. The molecule has 1 heterocycles. The summed E-state index contributed by atoms with van der Waals surface area (Å²) in [7, 11) is 0. The van der Waals surface area contributed by atoms with Crippen LogP contribution < -0.4 is 11.1 Å². The van der Waals surface area contributed by atoms with Crippen LogP contribution in [0.1, 0.15) is 12.5 Å². The molecule has 0 spiro atoms. The second kappa shape index (κ2) is 3.53. The molecule has 0 saturated heterocycles. The molecule has 12 heavy (non-hydrogen) atoms. The van der Waals surface area contributed by atoms with Crippen molar-refractivity contribution < 1.29 is 0 Å². The number of rotatable bonds is 2. The van der Waals surface area contributed by atoms with Crippen molar-refractivity contribution in [2.45, 2.75) is 6.92 Å². The molecule has 0 atom stereocenters. The Balaban J connectivity index is 3.11. The third-order valence-corrected chi connectivity index (χ3v) is 1.33. The minimum atomic E-state index is 0.212. The highest BCUT2D eigenvalue weighted by atomic mass is 15.0. The topological polar surface area (TPSA) is 87.6 Å². The van der Waals surface area contributed by atoms with Crippen LogP contribution in [-0.2, 0) is 0 Å². The van der Waals surface area contributed by atoms with E-state index in [1.807, 2.05) is 13.0 Å². The van der Waals surface area contributed by atoms with E-state index < -0.39 is 0 Å². The summed E-state index contributed by atoms with van der Waals surface area (Å²) in [6, 6.07) is 1.94. The number of nitrogens with one attached hydrogen (secondary N) is 1. The van der Waals surface area contributed by atoms with E-state index in [1.54, 1.807) is 0 Å². The second-order valence-electron chi connectivity index (χ2n) is 2.12. The molecule has 0 aromatic carbocycles. The first-order valence-electron chi connectivity index (χ1n) is 3.54. The molecular formula is C7H9N5. The monoisotopic (exact) mass is 163 g/mol. The van der Waals surface area contributed by atoms with Crippen molar-refractivity contribution in [1.29, 1.82) is 5.26 Å². The highest BCUT2D eigenvalue weighted by Crippen LogP contribution is 2.14. The second-order valence-corrected chi connectivity index (χ2v) is 2.12. The van der Waals surface area contributed by atoms with Crippen molar-refractivity contribution in [2.24, 2.45) is 0 Å². The van der Waals surface area contributed by atoms with Gasteiger partial charge in [-0.25, -0.2) is 9.97 Å². The lowest BCUT2D eigenvalue weighted by Gasteiger charge is -2.03. The Morgan fingerprint density at radius 2 is 2.42 bits per heavy atom. The molecule has 1 aromatic rings. The van der Waals surface area contributed by atoms with Gasteiger partial charge in [0.05, 0.1) is 0 Å². The van der Waals surface area contributed by atoms with Crippen LogP contribution >= 0.6 is 0 Å². The lowest BCUT2D eigenvalue weighted by atomic mass is 10.3. The van der Waals surface area contributed by atoms with Crippen LogP contribution in [-0.4, -0.2) is 16.5 Å². The van der Waals surface area contributed by atoms with Gasteiger partial charge in [-0.05, 0) is 6.92 Å². The van der Waals surface area contributed by atoms with Crippen LogP contribution in [0.2, 0.25) is 0 Å². The molecule has 0 aliphatic rings. The minimum absolute atomic E-state index is 0.212. The average molecular weight is 163 g/mol. The molecule has 0 fully saturated rings. The van der Waals surface area contributed by atoms with Crippen LogP contribution in [0, 0.1) is 11.3 Å². The number of nitrogens with zero attached hydrogens (tertiary/aromatic N) is 3. The van der Waals surface area contributed by atoms with Crippen molar-refractivity contribution in [3.05, 3.63) is 11.9 Å². The fourth-order valence-corrected chi connectivity index (χ4v) is 0.811. The third-order valence-electron chi connectivity index (χ3n) is 1.33. The maximum absolute atomic E-state index is 8.68. The highest BCUT2D eigenvalue weighted by molar-refractivity contribution is 5.61. The maximum Gasteiger partial charge on any atom is 0.149 e. The quantitative estimate of drug-likeness (QED) is 0.657. The van der Waals surface area contributed by atoms with Gasteiger partial charge in [-0.1, -0.05) is 0 Å². The number of nitrogen functional groups attached to an aromatic ring is 1. The van der Waals surface area contributed by atoms with Gasteiger partial charge < -0.3 is 11.1 Å². The third kappa shape index (κ3) is 1.42. The smallest absolute Gasteiger partial charge is 0.149 e. The Bertz CT molecular complexity index is 314. The first-order chi connectivity index (χ1) is 5.79. The molecule has 0 bridgehead atoms. The van der Waals surface area contributed by atoms with Gasteiger partial charge in [0.15, 0.2) is 0 Å². The Morgan fingerprint density at radius 1 is 1.67 bits per heavy atom. The zero-order chi connectivity index (χ0) is 8.97. The summed E-state index contributed by atoms with van der Waals surface area (Å²) in [6.45, 7) is 2.62. The minimum Gasteiger partial charge on any atom is -0.382 e. The van der Waals surface area contributed by atoms with E-state index in [-0.39, 0.29) is 5.82 Å². The van der Waals surface area contributed by atoms with Crippen LogP contribution in [0.25, 0.3) is 0 Å². The highest BCUT2D eigenvalue weighted by Gasteiger charge is 2.05. The molecule has 0 amide bonds. The standard InChI is InChI=1S/C7H9N5/c1-2-10-7-5(3-8)6(9)11-4-12-7/h4H,2H2,1H3,(H3,9,10,11,12). The summed E-state index contributed by atoms with van der Waals surface area (Å²) >= 11 is 0. The molecule has 0 radical (unpaired) electrons. The van der Waals surface area contributed by atoms with Gasteiger partial charge >= 0.3 is 0 Å². The predicted molar refractivity (Wildman–Crippen MR) is 45.3 cm³/mol. The van der Waals surface area contributed by atoms with Gasteiger partial charge in [0.2, 0.25) is 0 Å². The van der Waals surface area contributed by atoms with E-state index in [1.165, 1.54) is 6.33 Å². The van der Waals surface area contributed by atoms with Gasteiger partial charge in [-0.15, -0.1) is 0 Å². The number of aromatic nitrogens is 2. The van der Waals surface area contributed by atoms with E-state index in [9.17, 15) is 0 Å².